The van der Waals surface area contributed by atoms with Gasteiger partial charge in [0.05, 0.1) is 5.69 Å². The fourth-order valence-electron chi connectivity index (χ4n) is 2.05. The molecule has 0 unspecified atom stereocenters. The Labute approximate surface area is 138 Å². The molecule has 0 heterocycles. The first-order valence-electron chi connectivity index (χ1n) is 7.50. The Balaban J connectivity index is 1.90. The highest BCUT2D eigenvalue weighted by atomic mass is 19.1. The Bertz CT molecular complexity index is 743. The van der Waals surface area contributed by atoms with Crippen molar-refractivity contribution in [1.29, 1.82) is 0 Å². The highest BCUT2D eigenvalue weighted by Crippen LogP contribution is 2.15. The summed E-state index contributed by atoms with van der Waals surface area (Å²) in [5.74, 6) is -3.21. The average Bonchev–Trinajstić information content (AvgIpc) is 2.55. The number of carbonyl (C=O) groups excluding carboxylic acids is 2. The summed E-state index contributed by atoms with van der Waals surface area (Å²) in [4.78, 5) is 23.5. The summed E-state index contributed by atoms with van der Waals surface area (Å²) < 4.78 is 26.2. The van der Waals surface area contributed by atoms with Gasteiger partial charge in [-0.05, 0) is 29.2 Å². The molecule has 2 N–H and O–H groups in total. The molecule has 0 atom stereocenters. The summed E-state index contributed by atoms with van der Waals surface area (Å²) in [5, 5.41) is 4.56. The topological polar surface area (TPSA) is 58.2 Å². The van der Waals surface area contributed by atoms with Crippen LogP contribution in [0, 0.1) is 11.6 Å². The van der Waals surface area contributed by atoms with E-state index in [1.54, 1.807) is 0 Å². The predicted octanol–water partition coefficient (Wildman–Crippen LogP) is 3.34. The molecule has 4 nitrogen and oxygen atoms in total. The molecular formula is C18H18F2N2O2. The van der Waals surface area contributed by atoms with E-state index in [2.05, 4.69) is 24.5 Å². The third kappa shape index (κ3) is 4.62. The minimum atomic E-state index is -1.01. The Morgan fingerprint density at radius 1 is 1.00 bits per heavy atom. The van der Waals surface area contributed by atoms with Crippen molar-refractivity contribution >= 4 is 17.5 Å². The van der Waals surface area contributed by atoms with E-state index in [9.17, 15) is 18.4 Å². The van der Waals surface area contributed by atoms with Gasteiger partial charge in [0.1, 0.15) is 11.6 Å². The van der Waals surface area contributed by atoms with Crippen LogP contribution in [0.5, 0.6) is 0 Å². The first-order chi connectivity index (χ1) is 11.4. The summed E-state index contributed by atoms with van der Waals surface area (Å²) in [6.45, 7) is 4.34. The molecule has 24 heavy (non-hydrogen) atoms. The van der Waals surface area contributed by atoms with Crippen LogP contribution < -0.4 is 10.6 Å². The third-order valence-corrected chi connectivity index (χ3v) is 3.49. The highest BCUT2D eigenvalue weighted by Gasteiger charge is 2.15. The molecule has 2 aromatic carbocycles. The lowest BCUT2D eigenvalue weighted by Gasteiger charge is -2.09. The van der Waals surface area contributed by atoms with Gasteiger partial charge in [0.25, 0.3) is 0 Å². The second kappa shape index (κ2) is 7.68. The SMILES string of the molecule is CC(C)c1ccc(CNC(=O)C(=O)Nc2ccc(F)cc2F)cc1. The van der Waals surface area contributed by atoms with Crippen molar-refractivity contribution in [3.8, 4) is 0 Å². The van der Waals surface area contributed by atoms with Gasteiger partial charge in [-0.3, -0.25) is 9.59 Å². The minimum Gasteiger partial charge on any atom is -0.344 e. The van der Waals surface area contributed by atoms with Gasteiger partial charge in [-0.25, -0.2) is 8.78 Å². The van der Waals surface area contributed by atoms with Gasteiger partial charge in [-0.2, -0.15) is 0 Å². The van der Waals surface area contributed by atoms with Crippen molar-refractivity contribution in [2.45, 2.75) is 26.3 Å². The molecule has 2 amide bonds. The molecule has 0 aliphatic carbocycles. The second-order valence-corrected chi connectivity index (χ2v) is 5.66. The summed E-state index contributed by atoms with van der Waals surface area (Å²) in [7, 11) is 0. The quantitative estimate of drug-likeness (QED) is 0.844. The van der Waals surface area contributed by atoms with Gasteiger partial charge in [-0.1, -0.05) is 38.1 Å². The largest absolute Gasteiger partial charge is 0.344 e. The van der Waals surface area contributed by atoms with Gasteiger partial charge in [-0.15, -0.1) is 0 Å². The summed E-state index contributed by atoms with van der Waals surface area (Å²) in [6.07, 6.45) is 0. The molecule has 0 aliphatic rings. The molecule has 0 aliphatic heterocycles. The lowest BCUT2D eigenvalue weighted by Crippen LogP contribution is -2.35. The molecule has 0 saturated heterocycles. The number of nitrogens with one attached hydrogen (secondary N) is 2. The van der Waals surface area contributed by atoms with Crippen LogP contribution in [0.1, 0.15) is 30.9 Å². The van der Waals surface area contributed by atoms with E-state index in [-0.39, 0.29) is 12.2 Å². The van der Waals surface area contributed by atoms with E-state index in [4.69, 9.17) is 0 Å². The Hall–Kier alpha value is -2.76. The average molecular weight is 332 g/mol. The number of amides is 2. The Kier molecular flexibility index (Phi) is 5.63. The molecule has 126 valence electrons. The fourth-order valence-corrected chi connectivity index (χ4v) is 2.05. The van der Waals surface area contributed by atoms with Gasteiger partial charge < -0.3 is 10.6 Å². The van der Waals surface area contributed by atoms with Crippen LogP contribution in [-0.4, -0.2) is 11.8 Å². The Morgan fingerprint density at radius 2 is 1.67 bits per heavy atom. The zero-order chi connectivity index (χ0) is 17.7. The van der Waals surface area contributed by atoms with E-state index in [1.165, 1.54) is 5.56 Å². The van der Waals surface area contributed by atoms with Gasteiger partial charge in [0, 0.05) is 12.6 Å². The lowest BCUT2D eigenvalue weighted by atomic mass is 10.0. The van der Waals surface area contributed by atoms with Crippen LogP contribution in [0.4, 0.5) is 14.5 Å². The number of rotatable bonds is 4. The third-order valence-electron chi connectivity index (χ3n) is 3.49. The van der Waals surface area contributed by atoms with Crippen LogP contribution in [0.25, 0.3) is 0 Å². The maximum atomic E-state index is 13.4. The van der Waals surface area contributed by atoms with E-state index in [0.29, 0.717) is 12.0 Å². The molecule has 2 aromatic rings. The lowest BCUT2D eigenvalue weighted by molar-refractivity contribution is -0.136. The highest BCUT2D eigenvalue weighted by molar-refractivity contribution is 6.39. The Morgan fingerprint density at radius 3 is 2.25 bits per heavy atom. The van der Waals surface area contributed by atoms with Crippen LogP contribution in [0.3, 0.4) is 0 Å². The summed E-state index contributed by atoms with van der Waals surface area (Å²) >= 11 is 0. The van der Waals surface area contributed by atoms with Crippen LogP contribution in [0.2, 0.25) is 0 Å². The summed E-state index contributed by atoms with van der Waals surface area (Å²) in [6, 6.07) is 10.3. The van der Waals surface area contributed by atoms with E-state index in [0.717, 1.165) is 17.7 Å². The molecule has 0 aromatic heterocycles. The monoisotopic (exact) mass is 332 g/mol. The maximum absolute atomic E-state index is 13.4. The van der Waals surface area contributed by atoms with Crippen LogP contribution >= 0.6 is 0 Å². The minimum absolute atomic E-state index is 0.177. The normalized spacial score (nSPS) is 10.5. The molecule has 6 heteroatoms. The predicted molar refractivity (Wildman–Crippen MR) is 87.4 cm³/mol. The zero-order valence-corrected chi connectivity index (χ0v) is 13.4. The molecular weight excluding hydrogens is 314 g/mol. The summed E-state index contributed by atoms with van der Waals surface area (Å²) in [5.41, 5.74) is 1.76. The number of hydrogen-bond donors (Lipinski definition) is 2. The smallest absolute Gasteiger partial charge is 0.313 e. The molecule has 0 spiro atoms. The van der Waals surface area contributed by atoms with Crippen molar-refractivity contribution in [3.63, 3.8) is 0 Å². The first-order valence-corrected chi connectivity index (χ1v) is 7.50. The fraction of sp³-hybridized carbons (Fsp3) is 0.222. The molecule has 0 radical (unpaired) electrons. The van der Waals surface area contributed by atoms with E-state index < -0.39 is 23.4 Å². The van der Waals surface area contributed by atoms with E-state index in [1.807, 2.05) is 24.3 Å². The number of hydrogen-bond acceptors (Lipinski definition) is 2. The van der Waals surface area contributed by atoms with Crippen LogP contribution in [0.15, 0.2) is 42.5 Å². The van der Waals surface area contributed by atoms with Gasteiger partial charge in [0.15, 0.2) is 0 Å². The zero-order valence-electron chi connectivity index (χ0n) is 13.4. The first kappa shape index (κ1) is 17.6. The molecule has 2 rings (SSSR count). The number of anilines is 1. The van der Waals surface area contributed by atoms with Gasteiger partial charge in [0.2, 0.25) is 0 Å². The maximum Gasteiger partial charge on any atom is 0.313 e. The van der Waals surface area contributed by atoms with Crippen LogP contribution in [-0.2, 0) is 16.1 Å². The standard InChI is InChI=1S/C18H18F2N2O2/c1-11(2)13-5-3-12(4-6-13)10-21-17(23)18(24)22-16-8-7-14(19)9-15(16)20/h3-9,11H,10H2,1-2H3,(H,21,23)(H,22,24). The van der Waals surface area contributed by atoms with Gasteiger partial charge >= 0.3 is 11.8 Å². The van der Waals surface area contributed by atoms with Crippen molar-refractivity contribution in [2.24, 2.45) is 0 Å². The van der Waals surface area contributed by atoms with Crippen molar-refractivity contribution in [3.05, 3.63) is 65.2 Å². The molecule has 0 saturated carbocycles. The number of benzene rings is 2. The number of carbonyl (C=O) groups is 2. The van der Waals surface area contributed by atoms with Crippen molar-refractivity contribution in [1.82, 2.24) is 5.32 Å². The second-order valence-electron chi connectivity index (χ2n) is 5.66. The van der Waals surface area contributed by atoms with Crippen molar-refractivity contribution in [2.75, 3.05) is 5.32 Å². The van der Waals surface area contributed by atoms with E-state index >= 15 is 0 Å². The molecule has 0 bridgehead atoms. The molecule has 0 fully saturated rings. The number of halogens is 2. The van der Waals surface area contributed by atoms with Crippen molar-refractivity contribution < 1.29 is 18.4 Å².